The van der Waals surface area contributed by atoms with Gasteiger partial charge in [0.1, 0.15) is 0 Å². The first-order valence-corrected chi connectivity index (χ1v) is 8.95. The first kappa shape index (κ1) is 19.1. The number of carbonyl (C=O) groups excluding carboxylic acids is 2. The van der Waals surface area contributed by atoms with E-state index in [4.69, 9.17) is 0 Å². The van der Waals surface area contributed by atoms with Gasteiger partial charge in [0.05, 0.1) is 24.4 Å². The summed E-state index contributed by atoms with van der Waals surface area (Å²) in [4.78, 5) is 27.7. The number of hydrogen-bond donors (Lipinski definition) is 3. The van der Waals surface area contributed by atoms with E-state index in [2.05, 4.69) is 15.5 Å². The summed E-state index contributed by atoms with van der Waals surface area (Å²) in [5, 5.41) is 20.1. The summed E-state index contributed by atoms with van der Waals surface area (Å²) >= 11 is 0. The summed E-state index contributed by atoms with van der Waals surface area (Å²) in [6.07, 6.45) is 1.57. The molecule has 0 saturated carbocycles. The summed E-state index contributed by atoms with van der Waals surface area (Å²) in [5.74, 6) is -0.213. The number of nitrogens with zero attached hydrogens (tertiary/aromatic N) is 3. The zero-order valence-corrected chi connectivity index (χ0v) is 15.6. The number of rotatable bonds is 5. The minimum absolute atomic E-state index is 0.00189. The highest BCUT2D eigenvalue weighted by Gasteiger charge is 2.30. The van der Waals surface area contributed by atoms with Crippen LogP contribution in [-0.4, -0.2) is 82.8 Å². The number of carbonyl (C=O) groups is 2. The molecule has 8 nitrogen and oxygen atoms in total. The third kappa shape index (κ3) is 4.72. The van der Waals surface area contributed by atoms with Gasteiger partial charge in [0.15, 0.2) is 0 Å². The Bertz CT molecular complexity index is 773. The first-order valence-electron chi connectivity index (χ1n) is 8.95. The number of benzene rings is 1. The Morgan fingerprint density at radius 1 is 1.30 bits per heavy atom. The largest absolute Gasteiger partial charge is 0.390 e. The summed E-state index contributed by atoms with van der Waals surface area (Å²) in [6.45, 7) is 1.30. The molecule has 0 unspecified atom stereocenters. The minimum atomic E-state index is -0.707. The van der Waals surface area contributed by atoms with E-state index >= 15 is 0 Å². The second kappa shape index (κ2) is 8.32. The summed E-state index contributed by atoms with van der Waals surface area (Å²) in [5.41, 5.74) is 2.37. The molecule has 2 heterocycles. The van der Waals surface area contributed by atoms with Crippen molar-refractivity contribution in [3.63, 3.8) is 0 Å². The van der Waals surface area contributed by atoms with Gasteiger partial charge in [-0.1, -0.05) is 12.1 Å². The number of β-amino-alcohol motifs (C(OH)–C–C–N with tert-alkyl or cyclic N) is 1. The zero-order chi connectivity index (χ0) is 19.4. The average Bonchev–Trinajstić information content (AvgIpc) is 3.18. The average molecular weight is 371 g/mol. The molecule has 2 amide bonds. The highest BCUT2D eigenvalue weighted by molar-refractivity contribution is 5.94. The molecular weight excluding hydrogens is 346 g/mol. The fraction of sp³-hybridized carbons (Fsp3) is 0.421. The van der Waals surface area contributed by atoms with Crippen molar-refractivity contribution < 1.29 is 14.7 Å². The van der Waals surface area contributed by atoms with Crippen molar-refractivity contribution in [2.75, 3.05) is 33.7 Å². The van der Waals surface area contributed by atoms with Crippen LogP contribution in [0.2, 0.25) is 0 Å². The molecule has 1 aliphatic rings. The molecule has 1 fully saturated rings. The van der Waals surface area contributed by atoms with Gasteiger partial charge in [0.25, 0.3) is 5.91 Å². The Morgan fingerprint density at radius 2 is 2.04 bits per heavy atom. The monoisotopic (exact) mass is 371 g/mol. The van der Waals surface area contributed by atoms with Crippen molar-refractivity contribution in [3.8, 4) is 11.3 Å². The van der Waals surface area contributed by atoms with Gasteiger partial charge in [-0.05, 0) is 30.2 Å². The quantitative estimate of drug-likeness (QED) is 0.703. The van der Waals surface area contributed by atoms with Crippen LogP contribution in [0.1, 0.15) is 16.8 Å². The lowest BCUT2D eigenvalue weighted by Gasteiger charge is -2.36. The summed E-state index contributed by atoms with van der Waals surface area (Å²) in [7, 11) is 3.42. The third-order valence-electron chi connectivity index (χ3n) is 4.80. The van der Waals surface area contributed by atoms with E-state index < -0.39 is 6.10 Å². The van der Waals surface area contributed by atoms with E-state index in [1.165, 1.54) is 4.90 Å². The van der Waals surface area contributed by atoms with E-state index in [0.717, 1.165) is 11.3 Å². The summed E-state index contributed by atoms with van der Waals surface area (Å²) < 4.78 is 0. The van der Waals surface area contributed by atoms with E-state index in [9.17, 15) is 14.7 Å². The Morgan fingerprint density at radius 3 is 2.63 bits per heavy atom. The van der Waals surface area contributed by atoms with Crippen LogP contribution >= 0.6 is 0 Å². The lowest BCUT2D eigenvalue weighted by atomic mass is 10.0. The van der Waals surface area contributed by atoms with Crippen LogP contribution in [0.15, 0.2) is 36.5 Å². The molecule has 2 aromatic rings. The molecule has 0 radical (unpaired) electrons. The number of amides is 2. The Labute approximate surface area is 158 Å². The number of aliphatic hydroxyl groups excluding tert-OH is 1. The molecule has 3 rings (SSSR count). The van der Waals surface area contributed by atoms with Crippen LogP contribution in [0.25, 0.3) is 11.3 Å². The molecule has 3 N–H and O–H groups in total. The Kier molecular flexibility index (Phi) is 5.88. The molecule has 1 saturated heterocycles. The first-order chi connectivity index (χ1) is 12.9. The van der Waals surface area contributed by atoms with E-state index in [1.807, 2.05) is 23.1 Å². The number of likely N-dealkylation sites (N-methyl/N-ethyl adjacent to an activating group) is 1. The third-order valence-corrected chi connectivity index (χ3v) is 4.80. The maximum absolute atomic E-state index is 12.5. The molecule has 0 spiro atoms. The predicted octanol–water partition coefficient (Wildman–Crippen LogP) is 0.330. The van der Waals surface area contributed by atoms with Crippen molar-refractivity contribution in [2.45, 2.75) is 18.6 Å². The van der Waals surface area contributed by atoms with Crippen molar-refractivity contribution in [1.29, 1.82) is 0 Å². The van der Waals surface area contributed by atoms with Gasteiger partial charge in [0.2, 0.25) is 5.91 Å². The van der Waals surface area contributed by atoms with Gasteiger partial charge in [-0.15, -0.1) is 0 Å². The number of piperidine rings is 1. The standard InChI is InChI=1S/C19H25N5O3/c1-23(2)18(26)12-24-10-8-16(17(25)11-24)21-19(27)14-5-3-13(4-6-14)15-7-9-20-22-15/h3-7,9,16-17,25H,8,10-12H2,1-2H3,(H,20,22)(H,21,27)/t16-,17-/m1/s1. The highest BCUT2D eigenvalue weighted by Crippen LogP contribution is 2.17. The highest BCUT2D eigenvalue weighted by atomic mass is 16.3. The zero-order valence-electron chi connectivity index (χ0n) is 15.6. The van der Waals surface area contributed by atoms with Gasteiger partial charge < -0.3 is 15.3 Å². The Hall–Kier alpha value is -2.71. The van der Waals surface area contributed by atoms with Crippen molar-refractivity contribution >= 4 is 11.8 Å². The molecule has 8 heteroatoms. The van der Waals surface area contributed by atoms with Gasteiger partial charge in [-0.2, -0.15) is 5.10 Å². The fourth-order valence-electron chi connectivity index (χ4n) is 3.11. The molecule has 2 atom stereocenters. The lowest BCUT2D eigenvalue weighted by molar-refractivity contribution is -0.130. The number of aromatic nitrogens is 2. The maximum Gasteiger partial charge on any atom is 0.251 e. The van der Waals surface area contributed by atoms with Gasteiger partial charge >= 0.3 is 0 Å². The molecule has 144 valence electrons. The number of hydrogen-bond acceptors (Lipinski definition) is 5. The maximum atomic E-state index is 12.5. The number of nitrogens with one attached hydrogen (secondary N) is 2. The number of aromatic amines is 1. The predicted molar refractivity (Wildman–Crippen MR) is 101 cm³/mol. The van der Waals surface area contributed by atoms with Crippen LogP contribution in [0.4, 0.5) is 0 Å². The SMILES string of the molecule is CN(C)C(=O)CN1CC[C@@H](NC(=O)c2ccc(-c3ccn[nH]3)cc2)[C@H](O)C1. The fourth-order valence-corrected chi connectivity index (χ4v) is 3.11. The van der Waals surface area contributed by atoms with Crippen molar-refractivity contribution in [3.05, 3.63) is 42.1 Å². The molecule has 1 aromatic heterocycles. The molecule has 0 bridgehead atoms. The van der Waals surface area contributed by atoms with Crippen LogP contribution in [0.3, 0.4) is 0 Å². The van der Waals surface area contributed by atoms with E-state index in [0.29, 0.717) is 25.1 Å². The minimum Gasteiger partial charge on any atom is -0.390 e. The second-order valence-corrected chi connectivity index (χ2v) is 7.01. The molecule has 27 heavy (non-hydrogen) atoms. The van der Waals surface area contributed by atoms with Gasteiger partial charge in [-0.3, -0.25) is 19.6 Å². The normalized spacial score (nSPS) is 20.3. The van der Waals surface area contributed by atoms with Gasteiger partial charge in [0, 0.05) is 38.9 Å². The van der Waals surface area contributed by atoms with Crippen LogP contribution < -0.4 is 5.32 Å². The topological polar surface area (TPSA) is 102 Å². The van der Waals surface area contributed by atoms with E-state index in [-0.39, 0.29) is 24.4 Å². The number of aliphatic hydroxyl groups is 1. The second-order valence-electron chi connectivity index (χ2n) is 7.01. The Balaban J connectivity index is 1.54. The van der Waals surface area contributed by atoms with Crippen LogP contribution in [-0.2, 0) is 4.79 Å². The van der Waals surface area contributed by atoms with Crippen LogP contribution in [0, 0.1) is 0 Å². The lowest BCUT2D eigenvalue weighted by Crippen LogP contribution is -2.55. The van der Waals surface area contributed by atoms with Gasteiger partial charge in [-0.25, -0.2) is 0 Å². The molecule has 0 aliphatic carbocycles. The van der Waals surface area contributed by atoms with E-state index in [1.54, 1.807) is 32.4 Å². The molecule has 1 aromatic carbocycles. The van der Waals surface area contributed by atoms with Crippen LogP contribution in [0.5, 0.6) is 0 Å². The summed E-state index contributed by atoms with van der Waals surface area (Å²) in [6, 6.07) is 8.75. The number of H-pyrrole nitrogens is 1. The van der Waals surface area contributed by atoms with Crippen molar-refractivity contribution in [1.82, 2.24) is 25.3 Å². The van der Waals surface area contributed by atoms with Crippen molar-refractivity contribution in [2.24, 2.45) is 0 Å². The molecule has 1 aliphatic heterocycles. The molecular formula is C19H25N5O3. The number of likely N-dealkylation sites (tertiary alicyclic amines) is 1. The smallest absolute Gasteiger partial charge is 0.251 e.